The molecule has 0 spiro atoms. The zero-order chi connectivity index (χ0) is 14.2. The number of methoxy groups -OCH3 is 1. The van der Waals surface area contributed by atoms with Gasteiger partial charge in [0.05, 0.1) is 13.2 Å². The third-order valence-electron chi connectivity index (χ3n) is 3.39. The summed E-state index contributed by atoms with van der Waals surface area (Å²) < 4.78 is 10.7. The summed E-state index contributed by atoms with van der Waals surface area (Å²) in [6.45, 7) is 2.59. The first-order valence-corrected chi connectivity index (χ1v) is 7.00. The lowest BCUT2D eigenvalue weighted by atomic mass is 10.1. The first kappa shape index (κ1) is 14.8. The Morgan fingerprint density at radius 2 is 2.00 bits per heavy atom. The fourth-order valence-corrected chi connectivity index (χ4v) is 2.15. The van der Waals surface area contributed by atoms with Crippen LogP contribution in [0.25, 0.3) is 0 Å². The van der Waals surface area contributed by atoms with Gasteiger partial charge >= 0.3 is 0 Å². The summed E-state index contributed by atoms with van der Waals surface area (Å²) >= 11 is 0. The van der Waals surface area contributed by atoms with Crippen molar-refractivity contribution in [2.24, 2.45) is 0 Å². The van der Waals surface area contributed by atoms with Gasteiger partial charge in [-0.1, -0.05) is 12.1 Å². The zero-order valence-corrected chi connectivity index (χ0v) is 11.9. The molecule has 1 aliphatic heterocycles. The van der Waals surface area contributed by atoms with Crippen LogP contribution in [0.4, 0.5) is 0 Å². The molecule has 0 atom stereocenters. The Bertz CT molecular complexity index is 414. The Labute approximate surface area is 119 Å². The molecule has 0 saturated carbocycles. The van der Waals surface area contributed by atoms with Gasteiger partial charge in [0, 0.05) is 6.54 Å². The van der Waals surface area contributed by atoms with Crippen LogP contribution in [-0.2, 0) is 16.1 Å². The predicted molar refractivity (Wildman–Crippen MR) is 76.7 cm³/mol. The van der Waals surface area contributed by atoms with Gasteiger partial charge in [0.25, 0.3) is 0 Å². The van der Waals surface area contributed by atoms with Crippen LogP contribution in [-0.4, -0.2) is 38.8 Å². The number of carbonyl (C=O) groups excluding carboxylic acids is 1. The van der Waals surface area contributed by atoms with Crippen LogP contribution < -0.4 is 15.4 Å². The normalized spacial score (nSPS) is 15.8. The van der Waals surface area contributed by atoms with Crippen LogP contribution in [0.5, 0.6) is 5.75 Å². The first-order valence-electron chi connectivity index (χ1n) is 7.00. The topological polar surface area (TPSA) is 59.6 Å². The molecule has 5 heteroatoms. The van der Waals surface area contributed by atoms with E-state index in [2.05, 4.69) is 10.6 Å². The molecule has 0 unspecified atom stereocenters. The molecule has 1 aliphatic rings. The van der Waals surface area contributed by atoms with E-state index in [9.17, 15) is 4.79 Å². The van der Waals surface area contributed by atoms with E-state index in [1.54, 1.807) is 7.11 Å². The van der Waals surface area contributed by atoms with E-state index < -0.39 is 0 Å². The Morgan fingerprint density at radius 1 is 1.30 bits per heavy atom. The molecule has 0 aromatic heterocycles. The summed E-state index contributed by atoms with van der Waals surface area (Å²) in [7, 11) is 1.63. The lowest BCUT2D eigenvalue weighted by Gasteiger charge is -2.22. The van der Waals surface area contributed by atoms with Crippen molar-refractivity contribution < 1.29 is 14.3 Å². The summed E-state index contributed by atoms with van der Waals surface area (Å²) in [6, 6.07) is 7.64. The summed E-state index contributed by atoms with van der Waals surface area (Å²) in [5, 5.41) is 6.12. The number of piperidine rings is 1. The number of hydrogen-bond donors (Lipinski definition) is 2. The SMILES string of the molecule is COc1ccc(CNC(=O)COC2CCNCC2)cc1. The molecule has 1 aromatic carbocycles. The minimum Gasteiger partial charge on any atom is -0.497 e. The second kappa shape index (κ2) is 7.87. The standard InChI is InChI=1S/C15H22N2O3/c1-19-13-4-2-12(3-5-13)10-17-15(18)11-20-14-6-8-16-9-7-14/h2-5,14,16H,6-11H2,1H3,(H,17,18). The molecule has 1 saturated heterocycles. The van der Waals surface area contributed by atoms with Crippen LogP contribution >= 0.6 is 0 Å². The highest BCUT2D eigenvalue weighted by Gasteiger charge is 2.14. The quantitative estimate of drug-likeness (QED) is 0.817. The second-order valence-corrected chi connectivity index (χ2v) is 4.89. The molecule has 5 nitrogen and oxygen atoms in total. The first-order chi connectivity index (χ1) is 9.78. The Hall–Kier alpha value is -1.59. The van der Waals surface area contributed by atoms with Crippen molar-refractivity contribution >= 4 is 5.91 Å². The maximum Gasteiger partial charge on any atom is 0.246 e. The highest BCUT2D eigenvalue weighted by molar-refractivity contribution is 5.77. The third kappa shape index (κ3) is 4.83. The fourth-order valence-electron chi connectivity index (χ4n) is 2.15. The van der Waals surface area contributed by atoms with Gasteiger partial charge in [0.2, 0.25) is 5.91 Å². The van der Waals surface area contributed by atoms with Crippen LogP contribution in [0.15, 0.2) is 24.3 Å². The van der Waals surface area contributed by atoms with Gasteiger partial charge in [-0.25, -0.2) is 0 Å². The maximum absolute atomic E-state index is 11.7. The number of ether oxygens (including phenoxy) is 2. The monoisotopic (exact) mass is 278 g/mol. The average Bonchev–Trinajstić information content (AvgIpc) is 2.52. The van der Waals surface area contributed by atoms with E-state index in [1.807, 2.05) is 24.3 Å². The van der Waals surface area contributed by atoms with Crippen molar-refractivity contribution in [1.82, 2.24) is 10.6 Å². The van der Waals surface area contributed by atoms with Crippen LogP contribution in [0.2, 0.25) is 0 Å². The molecule has 0 aliphatic carbocycles. The molecule has 20 heavy (non-hydrogen) atoms. The molecule has 0 bridgehead atoms. The number of amides is 1. The van der Waals surface area contributed by atoms with Crippen LogP contribution in [0.3, 0.4) is 0 Å². The molecular weight excluding hydrogens is 256 g/mol. The molecule has 1 amide bonds. The third-order valence-corrected chi connectivity index (χ3v) is 3.39. The Balaban J connectivity index is 1.66. The molecule has 2 rings (SSSR count). The Kier molecular flexibility index (Phi) is 5.83. The second-order valence-electron chi connectivity index (χ2n) is 4.89. The summed E-state index contributed by atoms with van der Waals surface area (Å²) in [6.07, 6.45) is 2.17. The molecular formula is C15H22N2O3. The van der Waals surface area contributed by atoms with E-state index in [-0.39, 0.29) is 18.6 Å². The molecule has 1 aromatic rings. The average molecular weight is 278 g/mol. The number of benzene rings is 1. The van der Waals surface area contributed by atoms with E-state index in [4.69, 9.17) is 9.47 Å². The van der Waals surface area contributed by atoms with Crippen molar-refractivity contribution in [3.63, 3.8) is 0 Å². The lowest BCUT2D eigenvalue weighted by Crippen LogP contribution is -2.35. The van der Waals surface area contributed by atoms with E-state index in [0.29, 0.717) is 6.54 Å². The molecule has 1 heterocycles. The van der Waals surface area contributed by atoms with Gasteiger partial charge < -0.3 is 20.1 Å². The summed E-state index contributed by atoms with van der Waals surface area (Å²) in [5.74, 6) is 0.744. The van der Waals surface area contributed by atoms with Gasteiger partial charge in [-0.05, 0) is 43.6 Å². The Morgan fingerprint density at radius 3 is 2.65 bits per heavy atom. The van der Waals surface area contributed by atoms with Gasteiger partial charge in [0.15, 0.2) is 0 Å². The van der Waals surface area contributed by atoms with Gasteiger partial charge in [-0.3, -0.25) is 4.79 Å². The van der Waals surface area contributed by atoms with Gasteiger partial charge in [0.1, 0.15) is 12.4 Å². The number of rotatable bonds is 6. The largest absolute Gasteiger partial charge is 0.497 e. The van der Waals surface area contributed by atoms with E-state index in [0.717, 1.165) is 37.2 Å². The van der Waals surface area contributed by atoms with Gasteiger partial charge in [-0.15, -0.1) is 0 Å². The summed E-state index contributed by atoms with van der Waals surface area (Å²) in [5.41, 5.74) is 1.04. The molecule has 110 valence electrons. The highest BCUT2D eigenvalue weighted by atomic mass is 16.5. The van der Waals surface area contributed by atoms with Crippen molar-refractivity contribution in [3.05, 3.63) is 29.8 Å². The number of nitrogens with one attached hydrogen (secondary N) is 2. The maximum atomic E-state index is 11.7. The van der Waals surface area contributed by atoms with Crippen molar-refractivity contribution in [2.75, 3.05) is 26.8 Å². The van der Waals surface area contributed by atoms with Crippen LogP contribution in [0.1, 0.15) is 18.4 Å². The van der Waals surface area contributed by atoms with Crippen molar-refractivity contribution in [2.45, 2.75) is 25.5 Å². The van der Waals surface area contributed by atoms with Gasteiger partial charge in [-0.2, -0.15) is 0 Å². The predicted octanol–water partition coefficient (Wildman–Crippen LogP) is 1.08. The van der Waals surface area contributed by atoms with Crippen LogP contribution in [0, 0.1) is 0 Å². The minimum absolute atomic E-state index is 0.0700. The molecule has 1 fully saturated rings. The number of carbonyl (C=O) groups is 1. The van der Waals surface area contributed by atoms with Crippen molar-refractivity contribution in [1.29, 1.82) is 0 Å². The summed E-state index contributed by atoms with van der Waals surface area (Å²) in [4.78, 5) is 11.7. The lowest BCUT2D eigenvalue weighted by molar-refractivity contribution is -0.128. The number of hydrogen-bond acceptors (Lipinski definition) is 4. The minimum atomic E-state index is -0.0700. The van der Waals surface area contributed by atoms with E-state index >= 15 is 0 Å². The smallest absolute Gasteiger partial charge is 0.246 e. The fraction of sp³-hybridized carbons (Fsp3) is 0.533. The van der Waals surface area contributed by atoms with Crippen molar-refractivity contribution in [3.8, 4) is 5.75 Å². The molecule has 2 N–H and O–H groups in total. The molecule has 0 radical (unpaired) electrons. The van der Waals surface area contributed by atoms with E-state index in [1.165, 1.54) is 0 Å². The highest BCUT2D eigenvalue weighted by Crippen LogP contribution is 2.11. The zero-order valence-electron chi connectivity index (χ0n) is 11.9.